The summed E-state index contributed by atoms with van der Waals surface area (Å²) in [5.74, 6) is 1.40. The van der Waals surface area contributed by atoms with Gasteiger partial charge in [-0.1, -0.05) is 64.7 Å². The van der Waals surface area contributed by atoms with E-state index < -0.39 is 0 Å². The number of hydrogen-bond acceptors (Lipinski definition) is 2. The van der Waals surface area contributed by atoms with Crippen LogP contribution in [-0.4, -0.2) is 12.4 Å². The highest BCUT2D eigenvalue weighted by Gasteiger charge is 2.38. The molecule has 0 saturated heterocycles. The first kappa shape index (κ1) is 23.8. The molecule has 1 saturated carbocycles. The molecule has 1 aliphatic rings. The Morgan fingerprint density at radius 3 is 2.07 bits per heavy atom. The summed E-state index contributed by atoms with van der Waals surface area (Å²) < 4.78 is 12.5. The lowest BCUT2D eigenvalue weighted by molar-refractivity contribution is -0.182. The lowest BCUT2D eigenvalue weighted by atomic mass is 9.75. The minimum atomic E-state index is -0.175. The molecule has 0 aliphatic heterocycles. The Labute approximate surface area is 168 Å². The lowest BCUT2D eigenvalue weighted by Gasteiger charge is -2.40. The zero-order chi connectivity index (χ0) is 20.4. The third-order valence-electron chi connectivity index (χ3n) is 5.31. The number of ether oxygens (including phenoxy) is 2. The molecule has 154 valence electrons. The van der Waals surface area contributed by atoms with Gasteiger partial charge < -0.3 is 9.47 Å². The molecule has 0 heterocycles. The second-order valence-corrected chi connectivity index (χ2v) is 8.48. The normalized spacial score (nSPS) is 18.2. The summed E-state index contributed by atoms with van der Waals surface area (Å²) in [5.41, 5.74) is 2.66. The number of benzene rings is 1. The summed E-state index contributed by atoms with van der Waals surface area (Å²) in [6.45, 7) is 18.9. The van der Waals surface area contributed by atoms with Gasteiger partial charge in [0.1, 0.15) is 5.75 Å². The molecule has 1 fully saturated rings. The van der Waals surface area contributed by atoms with Crippen molar-refractivity contribution in [3.8, 4) is 5.75 Å². The molecule has 0 bridgehead atoms. The maximum atomic E-state index is 6.34. The van der Waals surface area contributed by atoms with Gasteiger partial charge in [0, 0.05) is 5.41 Å². The van der Waals surface area contributed by atoms with Crippen LogP contribution in [0.4, 0.5) is 0 Å². The van der Waals surface area contributed by atoms with Crippen LogP contribution >= 0.6 is 0 Å². The van der Waals surface area contributed by atoms with Gasteiger partial charge in [0.25, 0.3) is 0 Å². The van der Waals surface area contributed by atoms with E-state index in [1.807, 2.05) is 13.8 Å². The Kier molecular flexibility index (Phi) is 10.2. The van der Waals surface area contributed by atoms with Crippen molar-refractivity contribution in [2.24, 2.45) is 5.41 Å². The molecule has 2 heteroatoms. The predicted octanol–water partition coefficient (Wildman–Crippen LogP) is 7.88. The van der Waals surface area contributed by atoms with E-state index in [-0.39, 0.29) is 17.8 Å². The van der Waals surface area contributed by atoms with Gasteiger partial charge >= 0.3 is 0 Å². The highest BCUT2D eigenvalue weighted by Crippen LogP contribution is 2.41. The summed E-state index contributed by atoms with van der Waals surface area (Å²) >= 11 is 0. The summed E-state index contributed by atoms with van der Waals surface area (Å²) in [5, 5.41) is 0. The monoisotopic (exact) mass is 374 g/mol. The van der Waals surface area contributed by atoms with Gasteiger partial charge in [-0.2, -0.15) is 0 Å². The topological polar surface area (TPSA) is 18.5 Å². The summed E-state index contributed by atoms with van der Waals surface area (Å²) in [6, 6.07) is 8.54. The standard InChI is InChI=1S/C23H36O2.C2H6/c1-17(2)16-19(5)20-10-12-21(13-11-20)25-22(24-18(3)4)23(6)14-8-7-9-15-23;1-2/h10-13,18-19,22H,1,7-9,14-16H2,2-6H3;1-2H3. The molecule has 27 heavy (non-hydrogen) atoms. The third kappa shape index (κ3) is 7.70. The summed E-state index contributed by atoms with van der Waals surface area (Å²) in [6.07, 6.45) is 7.25. The summed E-state index contributed by atoms with van der Waals surface area (Å²) in [7, 11) is 0. The molecule has 2 atom stereocenters. The molecule has 2 nitrogen and oxygen atoms in total. The Balaban J connectivity index is 0.00000176. The average Bonchev–Trinajstić information content (AvgIpc) is 2.63. The average molecular weight is 375 g/mol. The van der Waals surface area contributed by atoms with Crippen LogP contribution in [0.2, 0.25) is 0 Å². The molecule has 0 radical (unpaired) electrons. The van der Waals surface area contributed by atoms with Crippen molar-refractivity contribution >= 4 is 0 Å². The second kappa shape index (κ2) is 11.5. The fraction of sp³-hybridized carbons (Fsp3) is 0.680. The zero-order valence-corrected chi connectivity index (χ0v) is 18.8. The quantitative estimate of drug-likeness (QED) is 0.340. The molecule has 1 aromatic carbocycles. The van der Waals surface area contributed by atoms with E-state index in [1.165, 1.54) is 43.2 Å². The van der Waals surface area contributed by atoms with E-state index in [0.29, 0.717) is 5.92 Å². The highest BCUT2D eigenvalue weighted by atomic mass is 16.7. The molecule has 0 N–H and O–H groups in total. The van der Waals surface area contributed by atoms with Crippen LogP contribution in [0.5, 0.6) is 5.75 Å². The van der Waals surface area contributed by atoms with Gasteiger partial charge in [0.15, 0.2) is 0 Å². The van der Waals surface area contributed by atoms with Crippen LogP contribution in [0.1, 0.15) is 98.5 Å². The van der Waals surface area contributed by atoms with Crippen LogP contribution in [-0.2, 0) is 4.74 Å². The van der Waals surface area contributed by atoms with Gasteiger partial charge in [-0.15, -0.1) is 6.58 Å². The van der Waals surface area contributed by atoms with Crippen LogP contribution in [0.3, 0.4) is 0 Å². The lowest BCUT2D eigenvalue weighted by Crippen LogP contribution is -2.42. The fourth-order valence-corrected chi connectivity index (χ4v) is 3.82. The van der Waals surface area contributed by atoms with Crippen LogP contribution < -0.4 is 4.74 Å². The molecule has 1 aliphatic carbocycles. The first-order valence-electron chi connectivity index (χ1n) is 10.9. The van der Waals surface area contributed by atoms with Crippen molar-refractivity contribution in [2.75, 3.05) is 0 Å². The molecular formula is C25H42O2. The zero-order valence-electron chi connectivity index (χ0n) is 18.8. The fourth-order valence-electron chi connectivity index (χ4n) is 3.82. The van der Waals surface area contributed by atoms with Crippen LogP contribution in [0, 0.1) is 5.41 Å². The van der Waals surface area contributed by atoms with Crippen molar-refractivity contribution in [1.29, 1.82) is 0 Å². The highest BCUT2D eigenvalue weighted by molar-refractivity contribution is 5.30. The maximum absolute atomic E-state index is 6.34. The molecule has 1 aromatic rings. The molecular weight excluding hydrogens is 332 g/mol. The smallest absolute Gasteiger partial charge is 0.205 e. The molecule has 0 amide bonds. The Hall–Kier alpha value is -1.28. The van der Waals surface area contributed by atoms with Gasteiger partial charge in [-0.25, -0.2) is 0 Å². The van der Waals surface area contributed by atoms with Gasteiger partial charge in [-0.3, -0.25) is 0 Å². The second-order valence-electron chi connectivity index (χ2n) is 8.48. The first-order valence-corrected chi connectivity index (χ1v) is 10.9. The molecule has 2 rings (SSSR count). The van der Waals surface area contributed by atoms with E-state index in [0.717, 1.165) is 12.2 Å². The Morgan fingerprint density at radius 2 is 1.59 bits per heavy atom. The van der Waals surface area contributed by atoms with Crippen LogP contribution in [0.15, 0.2) is 36.4 Å². The van der Waals surface area contributed by atoms with E-state index in [1.54, 1.807) is 0 Å². The first-order chi connectivity index (χ1) is 12.8. The van der Waals surface area contributed by atoms with Crippen molar-refractivity contribution < 1.29 is 9.47 Å². The van der Waals surface area contributed by atoms with E-state index in [4.69, 9.17) is 9.47 Å². The van der Waals surface area contributed by atoms with Crippen molar-refractivity contribution in [2.45, 2.75) is 105 Å². The van der Waals surface area contributed by atoms with E-state index >= 15 is 0 Å². The van der Waals surface area contributed by atoms with E-state index in [9.17, 15) is 0 Å². The third-order valence-corrected chi connectivity index (χ3v) is 5.31. The maximum Gasteiger partial charge on any atom is 0.205 e. The number of rotatable bonds is 8. The van der Waals surface area contributed by atoms with Crippen molar-refractivity contribution in [1.82, 2.24) is 0 Å². The van der Waals surface area contributed by atoms with Crippen molar-refractivity contribution in [3.63, 3.8) is 0 Å². The minimum absolute atomic E-state index is 0.106. The largest absolute Gasteiger partial charge is 0.464 e. The van der Waals surface area contributed by atoms with Gasteiger partial charge in [0.05, 0.1) is 6.10 Å². The van der Waals surface area contributed by atoms with Gasteiger partial charge in [-0.05, 0) is 63.6 Å². The SMILES string of the molecule is C=C(C)CC(C)c1ccc(OC(OC(C)C)C2(C)CCCCC2)cc1.CC. The Morgan fingerprint density at radius 1 is 1.04 bits per heavy atom. The molecule has 2 unspecified atom stereocenters. The number of hydrogen-bond donors (Lipinski definition) is 0. The minimum Gasteiger partial charge on any atom is -0.464 e. The predicted molar refractivity (Wildman–Crippen MR) is 117 cm³/mol. The van der Waals surface area contributed by atoms with Gasteiger partial charge in [0.2, 0.25) is 6.29 Å². The Bertz CT molecular complexity index is 538. The van der Waals surface area contributed by atoms with Crippen LogP contribution in [0.25, 0.3) is 0 Å². The summed E-state index contributed by atoms with van der Waals surface area (Å²) in [4.78, 5) is 0. The molecule has 0 aromatic heterocycles. The number of allylic oxidation sites excluding steroid dienone is 1. The molecule has 0 spiro atoms. The van der Waals surface area contributed by atoms with E-state index in [2.05, 4.69) is 65.5 Å². The van der Waals surface area contributed by atoms with Crippen molar-refractivity contribution in [3.05, 3.63) is 42.0 Å².